The summed E-state index contributed by atoms with van der Waals surface area (Å²) in [7, 11) is 0. The Hall–Kier alpha value is -2.53. The molecular weight excluding hydrogens is 374 g/mol. The molecule has 3 aromatic rings. The average molecular weight is 400 g/mol. The molecular formula is C22H26ClN3O2. The van der Waals surface area contributed by atoms with Gasteiger partial charge in [-0.2, -0.15) is 0 Å². The van der Waals surface area contributed by atoms with Crippen LogP contribution in [0.5, 0.6) is 5.75 Å². The molecule has 0 spiro atoms. The van der Waals surface area contributed by atoms with Crippen LogP contribution in [0.3, 0.4) is 0 Å². The van der Waals surface area contributed by atoms with Gasteiger partial charge in [0.2, 0.25) is 5.91 Å². The standard InChI is InChI=1S/C22H26ClN3O2/c1-15(2)22(27)24-11-10-21-25-19-6-4-5-7-20(19)26(21)12-13-28-17-8-9-18(23)16(3)14-17/h4-9,14-15H,10-13H2,1-3H3,(H,24,27). The molecule has 0 aliphatic carbocycles. The summed E-state index contributed by atoms with van der Waals surface area (Å²) >= 11 is 6.07. The number of carbonyl (C=O) groups excluding carboxylic acids is 1. The third-order valence-corrected chi connectivity index (χ3v) is 5.04. The van der Waals surface area contributed by atoms with Gasteiger partial charge in [0.1, 0.15) is 18.2 Å². The monoisotopic (exact) mass is 399 g/mol. The highest BCUT2D eigenvalue weighted by atomic mass is 35.5. The second kappa shape index (κ2) is 9.11. The van der Waals surface area contributed by atoms with Crippen LogP contribution < -0.4 is 10.1 Å². The van der Waals surface area contributed by atoms with E-state index >= 15 is 0 Å². The Labute approximate surface area is 170 Å². The maximum absolute atomic E-state index is 11.8. The molecule has 0 aliphatic heterocycles. The molecule has 1 amide bonds. The van der Waals surface area contributed by atoms with E-state index in [0.29, 0.717) is 26.1 Å². The minimum absolute atomic E-state index is 0.0185. The fourth-order valence-corrected chi connectivity index (χ4v) is 3.15. The first-order valence-electron chi connectivity index (χ1n) is 9.56. The van der Waals surface area contributed by atoms with E-state index in [0.717, 1.165) is 33.2 Å². The number of aromatic nitrogens is 2. The first kappa shape index (κ1) is 20.2. The molecule has 0 bridgehead atoms. The van der Waals surface area contributed by atoms with Crippen LogP contribution in [0.15, 0.2) is 42.5 Å². The van der Waals surface area contributed by atoms with Crippen molar-refractivity contribution in [1.29, 1.82) is 0 Å². The van der Waals surface area contributed by atoms with Gasteiger partial charge in [0, 0.05) is 23.9 Å². The maximum Gasteiger partial charge on any atom is 0.222 e. The number of para-hydroxylation sites is 2. The van der Waals surface area contributed by atoms with Gasteiger partial charge in [-0.05, 0) is 42.8 Å². The van der Waals surface area contributed by atoms with Gasteiger partial charge in [0.05, 0.1) is 17.6 Å². The summed E-state index contributed by atoms with van der Waals surface area (Å²) in [6, 6.07) is 13.7. The van der Waals surface area contributed by atoms with Crippen LogP contribution in [0, 0.1) is 12.8 Å². The van der Waals surface area contributed by atoms with Crippen molar-refractivity contribution in [3.63, 3.8) is 0 Å². The van der Waals surface area contributed by atoms with Crippen molar-refractivity contribution in [3.8, 4) is 5.75 Å². The van der Waals surface area contributed by atoms with Crippen molar-refractivity contribution in [2.45, 2.75) is 33.7 Å². The molecule has 0 fully saturated rings. The molecule has 0 radical (unpaired) electrons. The van der Waals surface area contributed by atoms with E-state index in [1.165, 1.54) is 0 Å². The quantitative estimate of drug-likeness (QED) is 0.611. The van der Waals surface area contributed by atoms with Gasteiger partial charge in [-0.15, -0.1) is 0 Å². The van der Waals surface area contributed by atoms with E-state index in [1.54, 1.807) is 0 Å². The third kappa shape index (κ3) is 4.84. The van der Waals surface area contributed by atoms with Gasteiger partial charge in [-0.1, -0.05) is 37.6 Å². The number of nitrogens with zero attached hydrogens (tertiary/aromatic N) is 2. The second-order valence-corrected chi connectivity index (χ2v) is 7.53. The molecule has 3 rings (SSSR count). The van der Waals surface area contributed by atoms with E-state index in [2.05, 4.69) is 16.0 Å². The van der Waals surface area contributed by atoms with Gasteiger partial charge < -0.3 is 14.6 Å². The molecule has 2 aromatic carbocycles. The Balaban J connectivity index is 1.69. The van der Waals surface area contributed by atoms with Crippen LogP contribution >= 0.6 is 11.6 Å². The van der Waals surface area contributed by atoms with Crippen molar-refractivity contribution in [2.24, 2.45) is 5.92 Å². The number of ether oxygens (including phenoxy) is 1. The van der Waals surface area contributed by atoms with Gasteiger partial charge in [0.25, 0.3) is 0 Å². The highest BCUT2D eigenvalue weighted by molar-refractivity contribution is 6.31. The van der Waals surface area contributed by atoms with E-state index in [1.807, 2.05) is 57.2 Å². The van der Waals surface area contributed by atoms with Gasteiger partial charge in [-0.3, -0.25) is 4.79 Å². The summed E-state index contributed by atoms with van der Waals surface area (Å²) in [5, 5.41) is 3.69. The van der Waals surface area contributed by atoms with E-state index in [9.17, 15) is 4.79 Å². The maximum atomic E-state index is 11.8. The predicted molar refractivity (Wildman–Crippen MR) is 113 cm³/mol. The molecule has 148 valence electrons. The zero-order valence-corrected chi connectivity index (χ0v) is 17.3. The summed E-state index contributed by atoms with van der Waals surface area (Å²) in [5.74, 6) is 1.79. The lowest BCUT2D eigenvalue weighted by molar-refractivity contribution is -0.123. The first-order chi connectivity index (χ1) is 13.5. The number of aryl methyl sites for hydroxylation is 1. The number of halogens is 1. The Morgan fingerprint density at radius 1 is 1.25 bits per heavy atom. The second-order valence-electron chi connectivity index (χ2n) is 7.12. The van der Waals surface area contributed by atoms with E-state index < -0.39 is 0 Å². The van der Waals surface area contributed by atoms with Crippen LogP contribution in [0.2, 0.25) is 5.02 Å². The van der Waals surface area contributed by atoms with Crippen molar-refractivity contribution < 1.29 is 9.53 Å². The zero-order valence-electron chi connectivity index (χ0n) is 16.5. The summed E-state index contributed by atoms with van der Waals surface area (Å²) in [5.41, 5.74) is 3.02. The number of benzene rings is 2. The van der Waals surface area contributed by atoms with E-state index in [4.69, 9.17) is 21.3 Å². The molecule has 0 unspecified atom stereocenters. The summed E-state index contributed by atoms with van der Waals surface area (Å²) < 4.78 is 8.08. The summed E-state index contributed by atoms with van der Waals surface area (Å²) in [6.07, 6.45) is 0.674. The van der Waals surface area contributed by atoms with Crippen molar-refractivity contribution in [3.05, 3.63) is 58.9 Å². The lowest BCUT2D eigenvalue weighted by Crippen LogP contribution is -2.30. The Morgan fingerprint density at radius 2 is 2.04 bits per heavy atom. The highest BCUT2D eigenvalue weighted by Crippen LogP contribution is 2.21. The fraction of sp³-hybridized carbons (Fsp3) is 0.364. The lowest BCUT2D eigenvalue weighted by Gasteiger charge is -2.12. The number of carbonyl (C=O) groups is 1. The van der Waals surface area contributed by atoms with Crippen LogP contribution in [-0.2, 0) is 17.8 Å². The van der Waals surface area contributed by atoms with Crippen LogP contribution in [-0.4, -0.2) is 28.6 Å². The number of hydrogen-bond acceptors (Lipinski definition) is 3. The first-order valence-corrected chi connectivity index (χ1v) is 9.94. The molecule has 0 aliphatic rings. The van der Waals surface area contributed by atoms with Crippen molar-refractivity contribution in [2.75, 3.05) is 13.2 Å². The number of nitrogens with one attached hydrogen (secondary N) is 1. The van der Waals surface area contributed by atoms with Crippen molar-refractivity contribution >= 4 is 28.5 Å². The number of amides is 1. The molecule has 28 heavy (non-hydrogen) atoms. The summed E-state index contributed by atoms with van der Waals surface area (Å²) in [6.45, 7) is 7.50. The minimum atomic E-state index is -0.0185. The van der Waals surface area contributed by atoms with Crippen LogP contribution in [0.4, 0.5) is 0 Å². The summed E-state index contributed by atoms with van der Waals surface area (Å²) in [4.78, 5) is 16.5. The Kier molecular flexibility index (Phi) is 6.57. The van der Waals surface area contributed by atoms with E-state index in [-0.39, 0.29) is 11.8 Å². The third-order valence-electron chi connectivity index (χ3n) is 4.62. The predicted octanol–water partition coefficient (Wildman–Crippen LogP) is 4.39. The number of rotatable bonds is 8. The van der Waals surface area contributed by atoms with Gasteiger partial charge in [-0.25, -0.2) is 4.98 Å². The highest BCUT2D eigenvalue weighted by Gasteiger charge is 2.12. The smallest absolute Gasteiger partial charge is 0.222 e. The SMILES string of the molecule is Cc1cc(OCCn2c(CCNC(=O)C(C)C)nc3ccccc32)ccc1Cl. The number of fused-ring (bicyclic) bond motifs is 1. The Morgan fingerprint density at radius 3 is 2.79 bits per heavy atom. The molecule has 1 heterocycles. The molecule has 5 nitrogen and oxygen atoms in total. The molecule has 1 N–H and O–H groups in total. The fourth-order valence-electron chi connectivity index (χ4n) is 3.03. The van der Waals surface area contributed by atoms with Crippen LogP contribution in [0.25, 0.3) is 11.0 Å². The lowest BCUT2D eigenvalue weighted by atomic mass is 10.2. The van der Waals surface area contributed by atoms with Crippen LogP contribution in [0.1, 0.15) is 25.2 Å². The number of hydrogen-bond donors (Lipinski definition) is 1. The molecule has 6 heteroatoms. The molecule has 1 aromatic heterocycles. The average Bonchev–Trinajstić information content (AvgIpc) is 3.02. The van der Waals surface area contributed by atoms with Gasteiger partial charge >= 0.3 is 0 Å². The molecule has 0 atom stereocenters. The molecule has 0 saturated carbocycles. The Bertz CT molecular complexity index is 966. The zero-order chi connectivity index (χ0) is 20.1. The molecule has 0 saturated heterocycles. The van der Waals surface area contributed by atoms with Gasteiger partial charge in [0.15, 0.2) is 0 Å². The minimum Gasteiger partial charge on any atom is -0.492 e. The largest absolute Gasteiger partial charge is 0.492 e. The van der Waals surface area contributed by atoms with Crippen molar-refractivity contribution in [1.82, 2.24) is 14.9 Å². The normalized spacial score (nSPS) is 11.2. The topological polar surface area (TPSA) is 56.1 Å². The number of imidazole rings is 1.